The highest BCUT2D eigenvalue weighted by atomic mass is 16.1. The van der Waals surface area contributed by atoms with E-state index in [4.69, 9.17) is 0 Å². The standard InChI is InChI=1S/C25H23N3O/c1-17-5-4-6-19(13-17)7-8-24(29)27-21-15-18(2)14-20(16-21)22-9-11-26-25-23(22)10-12-28(25)3/h4-16H,1-3H3,(H,27,29)/b8-7+. The number of benzene rings is 2. The SMILES string of the molecule is Cc1cccc(/C=C/C(=O)Nc2cc(C)cc(-c3ccnc4c3ccn4C)c2)c1. The molecule has 0 aliphatic heterocycles. The lowest BCUT2D eigenvalue weighted by Gasteiger charge is -2.10. The van der Waals surface area contributed by atoms with Gasteiger partial charge in [-0.25, -0.2) is 4.98 Å². The summed E-state index contributed by atoms with van der Waals surface area (Å²) in [6.07, 6.45) is 7.23. The number of anilines is 1. The molecule has 29 heavy (non-hydrogen) atoms. The van der Waals surface area contributed by atoms with Gasteiger partial charge in [0.05, 0.1) is 0 Å². The van der Waals surface area contributed by atoms with Gasteiger partial charge in [0.2, 0.25) is 5.91 Å². The molecule has 2 aromatic heterocycles. The summed E-state index contributed by atoms with van der Waals surface area (Å²) >= 11 is 0. The van der Waals surface area contributed by atoms with E-state index < -0.39 is 0 Å². The molecule has 0 fully saturated rings. The van der Waals surface area contributed by atoms with Gasteiger partial charge in [-0.2, -0.15) is 0 Å². The van der Waals surface area contributed by atoms with Crippen molar-refractivity contribution in [3.63, 3.8) is 0 Å². The van der Waals surface area contributed by atoms with Crippen molar-refractivity contribution < 1.29 is 4.79 Å². The average Bonchev–Trinajstić information content (AvgIpc) is 3.07. The number of aryl methyl sites for hydroxylation is 3. The number of carbonyl (C=O) groups excluding carboxylic acids is 1. The predicted molar refractivity (Wildman–Crippen MR) is 120 cm³/mol. The molecule has 4 heteroatoms. The monoisotopic (exact) mass is 381 g/mol. The Bertz CT molecular complexity index is 1230. The number of hydrogen-bond donors (Lipinski definition) is 1. The average molecular weight is 381 g/mol. The Morgan fingerprint density at radius 3 is 2.72 bits per heavy atom. The summed E-state index contributed by atoms with van der Waals surface area (Å²) in [5.74, 6) is -0.150. The molecule has 0 radical (unpaired) electrons. The zero-order valence-corrected chi connectivity index (χ0v) is 16.8. The Labute approximate surface area is 170 Å². The molecule has 0 spiro atoms. The third-order valence-electron chi connectivity index (χ3n) is 4.89. The van der Waals surface area contributed by atoms with E-state index in [9.17, 15) is 4.79 Å². The quantitative estimate of drug-likeness (QED) is 0.474. The lowest BCUT2D eigenvalue weighted by molar-refractivity contribution is -0.111. The second kappa shape index (κ2) is 7.76. The molecule has 1 amide bonds. The van der Waals surface area contributed by atoms with Gasteiger partial charge >= 0.3 is 0 Å². The van der Waals surface area contributed by atoms with Crippen LogP contribution in [0, 0.1) is 13.8 Å². The number of amides is 1. The Morgan fingerprint density at radius 2 is 1.90 bits per heavy atom. The van der Waals surface area contributed by atoms with Crippen molar-refractivity contribution in [2.45, 2.75) is 13.8 Å². The third-order valence-corrected chi connectivity index (χ3v) is 4.89. The maximum absolute atomic E-state index is 12.4. The number of aromatic nitrogens is 2. The molecule has 0 saturated carbocycles. The molecule has 0 aliphatic carbocycles. The molecular weight excluding hydrogens is 358 g/mol. The lowest BCUT2D eigenvalue weighted by Crippen LogP contribution is -2.08. The molecule has 0 saturated heterocycles. The molecule has 0 aliphatic rings. The molecular formula is C25H23N3O. The summed E-state index contributed by atoms with van der Waals surface area (Å²) in [7, 11) is 1.99. The number of rotatable bonds is 4. The number of pyridine rings is 1. The molecule has 4 nitrogen and oxygen atoms in total. The Hall–Kier alpha value is -3.66. The highest BCUT2D eigenvalue weighted by Crippen LogP contribution is 2.30. The van der Waals surface area contributed by atoms with Gasteiger partial charge in [-0.3, -0.25) is 4.79 Å². The van der Waals surface area contributed by atoms with Gasteiger partial charge < -0.3 is 9.88 Å². The first-order valence-corrected chi connectivity index (χ1v) is 9.57. The largest absolute Gasteiger partial charge is 0.336 e. The van der Waals surface area contributed by atoms with Crippen molar-refractivity contribution in [2.75, 3.05) is 5.32 Å². The summed E-state index contributed by atoms with van der Waals surface area (Å²) in [5.41, 5.74) is 7.14. The summed E-state index contributed by atoms with van der Waals surface area (Å²) in [6.45, 7) is 4.07. The molecule has 0 bridgehead atoms. The van der Waals surface area contributed by atoms with Crippen LogP contribution in [0.1, 0.15) is 16.7 Å². The minimum atomic E-state index is -0.150. The van der Waals surface area contributed by atoms with E-state index in [0.29, 0.717) is 0 Å². The van der Waals surface area contributed by atoms with Crippen LogP contribution in [0.4, 0.5) is 5.69 Å². The van der Waals surface area contributed by atoms with E-state index in [1.807, 2.05) is 86.4 Å². The van der Waals surface area contributed by atoms with Crippen LogP contribution in [0.3, 0.4) is 0 Å². The van der Waals surface area contributed by atoms with E-state index >= 15 is 0 Å². The van der Waals surface area contributed by atoms with Crippen molar-refractivity contribution in [1.29, 1.82) is 0 Å². The minimum absolute atomic E-state index is 0.150. The van der Waals surface area contributed by atoms with Gasteiger partial charge in [-0.1, -0.05) is 35.9 Å². The van der Waals surface area contributed by atoms with Crippen LogP contribution < -0.4 is 5.32 Å². The van der Waals surface area contributed by atoms with Gasteiger partial charge in [0.25, 0.3) is 0 Å². The number of nitrogens with one attached hydrogen (secondary N) is 1. The van der Waals surface area contributed by atoms with Crippen LogP contribution >= 0.6 is 0 Å². The fourth-order valence-corrected chi connectivity index (χ4v) is 3.56. The Kier molecular flexibility index (Phi) is 5.00. The molecule has 1 N–H and O–H groups in total. The molecule has 4 rings (SSSR count). The number of hydrogen-bond acceptors (Lipinski definition) is 2. The lowest BCUT2D eigenvalue weighted by atomic mass is 10.0. The number of carbonyl (C=O) groups is 1. The second-order valence-electron chi connectivity index (χ2n) is 7.35. The zero-order chi connectivity index (χ0) is 20.4. The van der Waals surface area contributed by atoms with E-state index in [0.717, 1.165) is 39.0 Å². The van der Waals surface area contributed by atoms with Gasteiger partial charge in [0.1, 0.15) is 5.65 Å². The maximum Gasteiger partial charge on any atom is 0.248 e. The van der Waals surface area contributed by atoms with E-state index in [1.165, 1.54) is 5.56 Å². The van der Waals surface area contributed by atoms with Gasteiger partial charge in [-0.15, -0.1) is 0 Å². The van der Waals surface area contributed by atoms with Crippen LogP contribution in [-0.4, -0.2) is 15.5 Å². The van der Waals surface area contributed by atoms with Crippen LogP contribution in [-0.2, 0) is 11.8 Å². The first kappa shape index (κ1) is 18.7. The zero-order valence-electron chi connectivity index (χ0n) is 16.8. The Balaban J connectivity index is 1.61. The first-order valence-electron chi connectivity index (χ1n) is 9.57. The molecule has 144 valence electrons. The molecule has 4 aromatic rings. The number of nitrogens with zero attached hydrogens (tertiary/aromatic N) is 2. The third kappa shape index (κ3) is 4.11. The van der Waals surface area contributed by atoms with E-state index in [2.05, 4.69) is 22.4 Å². The second-order valence-corrected chi connectivity index (χ2v) is 7.35. The van der Waals surface area contributed by atoms with E-state index in [1.54, 1.807) is 6.08 Å². The summed E-state index contributed by atoms with van der Waals surface area (Å²) in [4.78, 5) is 16.9. The van der Waals surface area contributed by atoms with Crippen LogP contribution in [0.25, 0.3) is 28.2 Å². The molecule has 2 aromatic carbocycles. The fraction of sp³-hybridized carbons (Fsp3) is 0.120. The molecule has 0 unspecified atom stereocenters. The van der Waals surface area contributed by atoms with Crippen molar-refractivity contribution in [3.05, 3.63) is 89.8 Å². The minimum Gasteiger partial charge on any atom is -0.336 e. The Morgan fingerprint density at radius 1 is 1.03 bits per heavy atom. The normalized spacial score (nSPS) is 11.3. The molecule has 2 heterocycles. The van der Waals surface area contributed by atoms with Crippen LogP contribution in [0.2, 0.25) is 0 Å². The number of fused-ring (bicyclic) bond motifs is 1. The fourth-order valence-electron chi connectivity index (χ4n) is 3.56. The highest BCUT2D eigenvalue weighted by molar-refractivity contribution is 6.03. The predicted octanol–water partition coefficient (Wildman–Crippen LogP) is 5.51. The van der Waals surface area contributed by atoms with Crippen molar-refractivity contribution in [3.8, 4) is 11.1 Å². The summed E-state index contributed by atoms with van der Waals surface area (Å²) in [6, 6.07) is 18.2. The van der Waals surface area contributed by atoms with Crippen molar-refractivity contribution in [1.82, 2.24) is 9.55 Å². The van der Waals surface area contributed by atoms with Crippen LogP contribution in [0.15, 0.2) is 73.1 Å². The summed E-state index contributed by atoms with van der Waals surface area (Å²) < 4.78 is 2.01. The van der Waals surface area contributed by atoms with Gasteiger partial charge in [0.15, 0.2) is 0 Å². The topological polar surface area (TPSA) is 46.9 Å². The van der Waals surface area contributed by atoms with Crippen molar-refractivity contribution >= 4 is 28.7 Å². The smallest absolute Gasteiger partial charge is 0.248 e. The van der Waals surface area contributed by atoms with Gasteiger partial charge in [0, 0.05) is 36.6 Å². The van der Waals surface area contributed by atoms with Crippen LogP contribution in [0.5, 0.6) is 0 Å². The summed E-state index contributed by atoms with van der Waals surface area (Å²) in [5, 5.41) is 4.08. The maximum atomic E-state index is 12.4. The first-order chi connectivity index (χ1) is 14.0. The van der Waals surface area contributed by atoms with E-state index in [-0.39, 0.29) is 5.91 Å². The van der Waals surface area contributed by atoms with Crippen molar-refractivity contribution in [2.24, 2.45) is 7.05 Å². The highest BCUT2D eigenvalue weighted by Gasteiger charge is 2.09. The molecule has 0 atom stereocenters. The van der Waals surface area contributed by atoms with Gasteiger partial charge in [-0.05, 0) is 66.4 Å².